The average molecular weight is 489 g/mol. The zero-order chi connectivity index (χ0) is 25.3. The van der Waals surface area contributed by atoms with Gasteiger partial charge in [-0.15, -0.1) is 0 Å². The van der Waals surface area contributed by atoms with Gasteiger partial charge >= 0.3 is 0 Å². The molecule has 0 aliphatic rings. The number of anilines is 1. The van der Waals surface area contributed by atoms with Gasteiger partial charge in [0.05, 0.1) is 12.0 Å². The highest BCUT2D eigenvalue weighted by Gasteiger charge is 2.18. The first-order chi connectivity index (χ1) is 16.1. The zero-order valence-corrected chi connectivity index (χ0v) is 21.8. The Bertz CT molecular complexity index is 985. The lowest BCUT2D eigenvalue weighted by Crippen LogP contribution is -2.27. The molecule has 2 aromatic rings. The first kappa shape index (κ1) is 27.5. The van der Waals surface area contributed by atoms with Crippen molar-refractivity contribution in [1.82, 2.24) is 14.5 Å². The van der Waals surface area contributed by atoms with Gasteiger partial charge in [0.15, 0.2) is 0 Å². The second-order valence-corrected chi connectivity index (χ2v) is 10.0. The first-order valence-electron chi connectivity index (χ1n) is 11.2. The van der Waals surface area contributed by atoms with Crippen molar-refractivity contribution in [2.45, 2.75) is 31.6 Å². The highest BCUT2D eigenvalue weighted by atomic mass is 32.2. The number of benzene rings is 2. The van der Waals surface area contributed by atoms with Gasteiger partial charge in [-0.05, 0) is 88.4 Å². The predicted octanol–water partition coefficient (Wildman–Crippen LogP) is 2.98. The Morgan fingerprint density at radius 3 is 2.18 bits per heavy atom. The molecule has 9 heteroatoms. The van der Waals surface area contributed by atoms with Crippen LogP contribution in [0.3, 0.4) is 0 Å². The molecule has 8 nitrogen and oxygen atoms in total. The van der Waals surface area contributed by atoms with Crippen molar-refractivity contribution in [2.24, 2.45) is 0 Å². The quantitative estimate of drug-likeness (QED) is 0.448. The number of carbonyl (C=O) groups excluding carboxylic acids is 2. The maximum Gasteiger partial charge on any atom is 0.251 e. The maximum atomic E-state index is 13.0. The molecule has 2 amide bonds. The number of methoxy groups -OCH3 is 1. The summed E-state index contributed by atoms with van der Waals surface area (Å²) in [6, 6.07) is 10.5. The van der Waals surface area contributed by atoms with Gasteiger partial charge in [0.1, 0.15) is 16.7 Å². The summed E-state index contributed by atoms with van der Waals surface area (Å²) in [6.07, 6.45) is 1.06. The summed E-state index contributed by atoms with van der Waals surface area (Å²) in [6.45, 7) is 5.65. The highest BCUT2D eigenvalue weighted by Crippen LogP contribution is 2.25. The molecule has 34 heavy (non-hydrogen) atoms. The van der Waals surface area contributed by atoms with E-state index in [0.29, 0.717) is 24.3 Å². The number of ether oxygens (including phenoxy) is 1. The van der Waals surface area contributed by atoms with E-state index in [0.717, 1.165) is 34.7 Å². The van der Waals surface area contributed by atoms with Gasteiger partial charge in [0.2, 0.25) is 5.91 Å². The van der Waals surface area contributed by atoms with E-state index >= 15 is 0 Å². The number of hydrogen-bond donors (Lipinski definition) is 2. The summed E-state index contributed by atoms with van der Waals surface area (Å²) in [4.78, 5) is 27.4. The largest absolute Gasteiger partial charge is 0.497 e. The zero-order valence-electron chi connectivity index (χ0n) is 20.9. The van der Waals surface area contributed by atoms with Gasteiger partial charge in [-0.2, -0.15) is 0 Å². The van der Waals surface area contributed by atoms with Crippen molar-refractivity contribution in [3.05, 3.63) is 53.1 Å². The summed E-state index contributed by atoms with van der Waals surface area (Å²) in [5.41, 5.74) is 2.92. The summed E-state index contributed by atoms with van der Waals surface area (Å²) < 4.78 is 19.9. The molecule has 0 saturated heterocycles. The van der Waals surface area contributed by atoms with Crippen molar-refractivity contribution in [2.75, 3.05) is 53.2 Å². The van der Waals surface area contributed by atoms with Crippen LogP contribution in [0.5, 0.6) is 5.75 Å². The van der Waals surface area contributed by atoms with Gasteiger partial charge in [-0.1, -0.05) is 0 Å². The van der Waals surface area contributed by atoms with Crippen LogP contribution in [0, 0.1) is 13.8 Å². The summed E-state index contributed by atoms with van der Waals surface area (Å²) in [5, 5.41) is 5.72. The molecule has 0 aliphatic carbocycles. The molecule has 2 aromatic carbocycles. The Labute approximate surface area is 205 Å². The topological polar surface area (TPSA) is 91.0 Å². The van der Waals surface area contributed by atoms with Crippen molar-refractivity contribution in [3.8, 4) is 5.75 Å². The molecule has 1 atom stereocenters. The van der Waals surface area contributed by atoms with Crippen LogP contribution in [0.15, 0.2) is 41.3 Å². The molecule has 0 fully saturated rings. The Hall–Kier alpha value is -2.75. The maximum absolute atomic E-state index is 13.0. The molecule has 0 bridgehead atoms. The van der Waals surface area contributed by atoms with Gasteiger partial charge in [0, 0.05) is 37.8 Å². The summed E-state index contributed by atoms with van der Waals surface area (Å²) in [7, 11) is 5.94. The van der Waals surface area contributed by atoms with Gasteiger partial charge in [0.25, 0.3) is 5.91 Å². The van der Waals surface area contributed by atoms with Crippen LogP contribution in [0.1, 0.15) is 34.3 Å². The van der Waals surface area contributed by atoms with Crippen LogP contribution < -0.4 is 15.4 Å². The molecule has 186 valence electrons. The molecule has 0 heterocycles. The summed E-state index contributed by atoms with van der Waals surface area (Å²) in [5.74, 6) is 0.406. The number of aryl methyl sites for hydroxylation is 2. The molecule has 0 aromatic heterocycles. The fraction of sp³-hybridized carbons (Fsp3) is 0.440. The van der Waals surface area contributed by atoms with Gasteiger partial charge in [-0.3, -0.25) is 9.59 Å². The lowest BCUT2D eigenvalue weighted by Gasteiger charge is -2.19. The molecular formula is C25H36N4O4S. The van der Waals surface area contributed by atoms with Crippen LogP contribution in [0.2, 0.25) is 0 Å². The monoisotopic (exact) mass is 488 g/mol. The molecule has 2 N–H and O–H groups in total. The lowest BCUT2D eigenvalue weighted by atomic mass is 10.1. The molecule has 1 unspecified atom stereocenters. The number of amides is 2. The van der Waals surface area contributed by atoms with Gasteiger partial charge in [-0.25, -0.2) is 8.51 Å². The fourth-order valence-corrected chi connectivity index (χ4v) is 4.67. The Morgan fingerprint density at radius 2 is 1.62 bits per heavy atom. The van der Waals surface area contributed by atoms with E-state index in [1.54, 1.807) is 42.7 Å². The number of hydrogen-bond acceptors (Lipinski definition) is 5. The SMILES string of the molecule is COc1cc(C)c(S(=O)N(C)CCC(=O)Nc2ccc(C(=O)NCCCN(C)C)cc2)c(C)c1. The van der Waals surface area contributed by atoms with Crippen molar-refractivity contribution >= 4 is 28.5 Å². The fourth-order valence-electron chi connectivity index (χ4n) is 3.43. The minimum Gasteiger partial charge on any atom is -0.497 e. The second-order valence-electron chi connectivity index (χ2n) is 8.48. The highest BCUT2D eigenvalue weighted by molar-refractivity contribution is 7.82. The van der Waals surface area contributed by atoms with Crippen LogP contribution >= 0.6 is 0 Å². The molecule has 2 rings (SSSR count). The van der Waals surface area contributed by atoms with E-state index in [9.17, 15) is 13.8 Å². The third-order valence-electron chi connectivity index (χ3n) is 5.28. The number of nitrogens with one attached hydrogen (secondary N) is 2. The van der Waals surface area contributed by atoms with Gasteiger partial charge < -0.3 is 20.3 Å². The van der Waals surface area contributed by atoms with Crippen LogP contribution in [0.25, 0.3) is 0 Å². The standard InChI is InChI=1S/C25H36N4O4S/c1-18-16-22(33-6)17-19(2)24(18)34(32)29(5)15-12-23(30)27-21-10-8-20(9-11-21)25(31)26-13-7-14-28(3)4/h8-11,16-17H,7,12-15H2,1-6H3,(H,26,31)(H,27,30). The van der Waals surface area contributed by atoms with E-state index in [2.05, 4.69) is 15.5 Å². The van der Waals surface area contributed by atoms with Crippen LogP contribution in [0.4, 0.5) is 5.69 Å². The van der Waals surface area contributed by atoms with Crippen LogP contribution in [-0.2, 0) is 15.8 Å². The van der Waals surface area contributed by atoms with Crippen LogP contribution in [-0.4, -0.2) is 73.1 Å². The Kier molecular flexibility index (Phi) is 10.7. The first-order valence-corrected chi connectivity index (χ1v) is 12.3. The van der Waals surface area contributed by atoms with E-state index in [-0.39, 0.29) is 18.2 Å². The molecular weight excluding hydrogens is 452 g/mol. The number of nitrogens with zero attached hydrogens (tertiary/aromatic N) is 2. The van der Waals surface area contributed by atoms with E-state index < -0.39 is 11.0 Å². The lowest BCUT2D eigenvalue weighted by molar-refractivity contribution is -0.116. The van der Waals surface area contributed by atoms with Crippen molar-refractivity contribution in [3.63, 3.8) is 0 Å². The minimum atomic E-state index is -1.39. The van der Waals surface area contributed by atoms with Crippen molar-refractivity contribution < 1.29 is 18.5 Å². The second kappa shape index (κ2) is 13.2. The van der Waals surface area contributed by atoms with E-state index in [1.165, 1.54) is 0 Å². The third kappa shape index (κ3) is 8.23. The molecule has 0 aliphatic heterocycles. The van der Waals surface area contributed by atoms with Crippen molar-refractivity contribution in [1.29, 1.82) is 0 Å². The Balaban J connectivity index is 1.84. The van der Waals surface area contributed by atoms with E-state index in [1.807, 2.05) is 40.1 Å². The molecule has 0 spiro atoms. The van der Waals surface area contributed by atoms with E-state index in [4.69, 9.17) is 4.74 Å². The number of carbonyl (C=O) groups is 2. The predicted molar refractivity (Wildman–Crippen MR) is 137 cm³/mol. The molecule has 0 radical (unpaired) electrons. The normalized spacial score (nSPS) is 12.0. The Morgan fingerprint density at radius 1 is 1.00 bits per heavy atom. The average Bonchev–Trinajstić information content (AvgIpc) is 2.79. The minimum absolute atomic E-state index is 0.134. The third-order valence-corrected chi connectivity index (χ3v) is 7.02. The smallest absolute Gasteiger partial charge is 0.251 e. The number of rotatable bonds is 12. The molecule has 0 saturated carbocycles. The summed E-state index contributed by atoms with van der Waals surface area (Å²) >= 11 is 0.